The van der Waals surface area contributed by atoms with Gasteiger partial charge in [0.25, 0.3) is 5.56 Å². The molecule has 128 valence electrons. The minimum Gasteiger partial charge on any atom is -0.444 e. The highest BCUT2D eigenvalue weighted by Gasteiger charge is 2.30. The maximum Gasteiger partial charge on any atom is 0.410 e. The molecule has 1 amide bonds. The summed E-state index contributed by atoms with van der Waals surface area (Å²) in [5, 5.41) is 0.416. The number of nitrogens with zero attached hydrogens (tertiary/aromatic N) is 2. The van der Waals surface area contributed by atoms with Crippen molar-refractivity contribution >= 4 is 17.7 Å². The monoisotopic (exact) mass is 340 g/mol. The van der Waals surface area contributed by atoms with E-state index < -0.39 is 5.60 Å². The van der Waals surface area contributed by atoms with E-state index in [0.717, 1.165) is 11.3 Å². The van der Waals surface area contributed by atoms with Crippen molar-refractivity contribution in [2.75, 3.05) is 6.54 Å². The third-order valence-electron chi connectivity index (χ3n) is 3.67. The van der Waals surface area contributed by atoms with Crippen molar-refractivity contribution in [3.05, 3.63) is 32.7 Å². The maximum atomic E-state index is 12.3. The van der Waals surface area contributed by atoms with Crippen LogP contribution < -0.4 is 5.56 Å². The van der Waals surface area contributed by atoms with Gasteiger partial charge >= 0.3 is 6.09 Å². The number of carbonyl (C=O) groups excluding carboxylic acids is 1. The molecule has 0 bridgehead atoms. The van der Waals surface area contributed by atoms with Crippen molar-refractivity contribution in [2.24, 2.45) is 0 Å². The summed E-state index contributed by atoms with van der Waals surface area (Å²) in [4.78, 5) is 26.2. The van der Waals surface area contributed by atoms with Crippen LogP contribution in [0, 0.1) is 0 Å². The van der Waals surface area contributed by atoms with Gasteiger partial charge in [-0.15, -0.1) is 0 Å². The molecule has 1 aromatic heterocycles. The number of hydrogen-bond donors (Lipinski definition) is 0. The molecule has 0 saturated carbocycles. The van der Waals surface area contributed by atoms with Crippen molar-refractivity contribution in [2.45, 2.75) is 65.6 Å². The van der Waals surface area contributed by atoms with Crippen LogP contribution in [0.5, 0.6) is 0 Å². The summed E-state index contributed by atoms with van der Waals surface area (Å²) in [5.41, 5.74) is 0.769. The highest BCUT2D eigenvalue weighted by Crippen LogP contribution is 2.28. The Kier molecular flexibility index (Phi) is 4.55. The average Bonchev–Trinajstić information content (AvgIpc) is 2.34. The number of hydrogen-bond acceptors (Lipinski definition) is 3. The molecule has 0 atom stereocenters. The molecule has 0 N–H and O–H groups in total. The summed E-state index contributed by atoms with van der Waals surface area (Å²) in [6.45, 7) is 12.4. The van der Waals surface area contributed by atoms with E-state index in [2.05, 4.69) is 0 Å². The SMILES string of the molecule is CC(C)(C)OC(=O)N1CCc2c(c(Cl)cc(=O)n2C(C)(C)C)C1. The summed E-state index contributed by atoms with van der Waals surface area (Å²) in [5.74, 6) is 0. The standard InChI is InChI=1S/C17H25ClN2O3/c1-16(2,3)20-13-7-8-19(15(22)23-17(4,5)6)10-11(13)12(18)9-14(20)21/h9H,7-8,10H2,1-6H3. The lowest BCUT2D eigenvalue weighted by atomic mass is 10.0. The van der Waals surface area contributed by atoms with Crippen LogP contribution in [0.1, 0.15) is 52.8 Å². The zero-order valence-electron chi connectivity index (χ0n) is 14.7. The summed E-state index contributed by atoms with van der Waals surface area (Å²) >= 11 is 6.28. The normalized spacial score (nSPS) is 15.3. The fraction of sp³-hybridized carbons (Fsp3) is 0.647. The van der Waals surface area contributed by atoms with Crippen LogP contribution >= 0.6 is 11.6 Å². The molecule has 0 fully saturated rings. The first kappa shape index (κ1) is 17.9. The lowest BCUT2D eigenvalue weighted by Gasteiger charge is -2.35. The minimum atomic E-state index is -0.536. The lowest BCUT2D eigenvalue weighted by molar-refractivity contribution is 0.0220. The number of aromatic nitrogens is 1. The number of amides is 1. The molecule has 0 radical (unpaired) electrons. The van der Waals surface area contributed by atoms with E-state index in [1.54, 1.807) is 9.47 Å². The second kappa shape index (κ2) is 5.86. The third-order valence-corrected chi connectivity index (χ3v) is 4.00. The van der Waals surface area contributed by atoms with Crippen molar-refractivity contribution in [1.82, 2.24) is 9.47 Å². The van der Waals surface area contributed by atoms with E-state index in [-0.39, 0.29) is 17.2 Å². The number of fused-ring (bicyclic) bond motifs is 1. The summed E-state index contributed by atoms with van der Waals surface area (Å²) in [7, 11) is 0. The average molecular weight is 341 g/mol. The van der Waals surface area contributed by atoms with Crippen molar-refractivity contribution in [3.63, 3.8) is 0 Å². The van der Waals surface area contributed by atoms with E-state index in [4.69, 9.17) is 16.3 Å². The number of pyridine rings is 1. The quantitative estimate of drug-likeness (QED) is 0.725. The van der Waals surface area contributed by atoms with Crippen LogP contribution in [-0.2, 0) is 23.2 Å². The largest absolute Gasteiger partial charge is 0.444 e. The van der Waals surface area contributed by atoms with Crippen LogP contribution in [0.25, 0.3) is 0 Å². The van der Waals surface area contributed by atoms with Gasteiger partial charge in [0, 0.05) is 35.8 Å². The van der Waals surface area contributed by atoms with Gasteiger partial charge in [0.2, 0.25) is 0 Å². The maximum absolute atomic E-state index is 12.3. The number of halogens is 1. The summed E-state index contributed by atoms with van der Waals surface area (Å²) in [6, 6.07) is 1.43. The molecule has 23 heavy (non-hydrogen) atoms. The molecule has 5 nitrogen and oxygen atoms in total. The van der Waals surface area contributed by atoms with Crippen molar-refractivity contribution in [3.8, 4) is 0 Å². The first-order valence-corrected chi connectivity index (χ1v) is 8.19. The lowest BCUT2D eigenvalue weighted by Crippen LogP contribution is -2.44. The molecule has 1 aliphatic rings. The Morgan fingerprint density at radius 1 is 1.22 bits per heavy atom. The molecule has 0 aromatic carbocycles. The molecule has 0 aliphatic carbocycles. The molecular formula is C17H25ClN2O3. The fourth-order valence-electron chi connectivity index (χ4n) is 2.82. The van der Waals surface area contributed by atoms with E-state index >= 15 is 0 Å². The molecule has 1 aromatic rings. The predicted molar refractivity (Wildman–Crippen MR) is 91.1 cm³/mol. The first-order valence-electron chi connectivity index (χ1n) is 7.82. The van der Waals surface area contributed by atoms with Gasteiger partial charge in [-0.05, 0) is 41.5 Å². The van der Waals surface area contributed by atoms with Crippen LogP contribution in [0.4, 0.5) is 4.79 Å². The van der Waals surface area contributed by atoms with Crippen LogP contribution in [-0.4, -0.2) is 27.7 Å². The molecule has 0 saturated heterocycles. The second-order valence-corrected chi connectivity index (χ2v) is 8.32. The molecule has 0 spiro atoms. The molecular weight excluding hydrogens is 316 g/mol. The van der Waals surface area contributed by atoms with E-state index in [1.165, 1.54) is 6.07 Å². The Balaban J connectivity index is 2.39. The smallest absolute Gasteiger partial charge is 0.410 e. The Morgan fingerprint density at radius 2 is 1.83 bits per heavy atom. The predicted octanol–water partition coefficient (Wildman–Crippen LogP) is 3.55. The highest BCUT2D eigenvalue weighted by molar-refractivity contribution is 6.31. The molecule has 1 aliphatic heterocycles. The summed E-state index contributed by atoms with van der Waals surface area (Å²) in [6.07, 6.45) is 0.231. The topological polar surface area (TPSA) is 51.5 Å². The van der Waals surface area contributed by atoms with E-state index in [9.17, 15) is 9.59 Å². The van der Waals surface area contributed by atoms with Crippen LogP contribution in [0.3, 0.4) is 0 Å². The molecule has 0 unspecified atom stereocenters. The number of rotatable bonds is 0. The second-order valence-electron chi connectivity index (χ2n) is 7.91. The molecule has 6 heteroatoms. The van der Waals surface area contributed by atoms with Crippen LogP contribution in [0.15, 0.2) is 10.9 Å². The third kappa shape index (κ3) is 3.89. The van der Waals surface area contributed by atoms with Gasteiger partial charge in [0.05, 0.1) is 11.6 Å². The summed E-state index contributed by atoms with van der Waals surface area (Å²) < 4.78 is 7.21. The fourth-order valence-corrected chi connectivity index (χ4v) is 3.09. The first-order chi connectivity index (χ1) is 10.4. The van der Waals surface area contributed by atoms with Gasteiger partial charge in [-0.1, -0.05) is 11.6 Å². The van der Waals surface area contributed by atoms with Gasteiger partial charge in [-0.2, -0.15) is 0 Å². The highest BCUT2D eigenvalue weighted by atomic mass is 35.5. The van der Waals surface area contributed by atoms with Gasteiger partial charge in [-0.25, -0.2) is 4.79 Å². The van der Waals surface area contributed by atoms with Gasteiger partial charge in [-0.3, -0.25) is 4.79 Å². The van der Waals surface area contributed by atoms with E-state index in [1.807, 2.05) is 41.5 Å². The minimum absolute atomic E-state index is 0.105. The zero-order chi connectivity index (χ0) is 17.6. The van der Waals surface area contributed by atoms with Crippen LogP contribution in [0.2, 0.25) is 5.02 Å². The van der Waals surface area contributed by atoms with Gasteiger partial charge in [0.15, 0.2) is 0 Å². The van der Waals surface area contributed by atoms with Crippen molar-refractivity contribution in [1.29, 1.82) is 0 Å². The zero-order valence-corrected chi connectivity index (χ0v) is 15.5. The Bertz CT molecular complexity index is 681. The Hall–Kier alpha value is -1.49. The van der Waals surface area contributed by atoms with Gasteiger partial charge < -0.3 is 14.2 Å². The van der Waals surface area contributed by atoms with Gasteiger partial charge in [0.1, 0.15) is 5.60 Å². The number of ether oxygens (including phenoxy) is 1. The Morgan fingerprint density at radius 3 is 2.35 bits per heavy atom. The molecule has 2 rings (SSSR count). The van der Waals surface area contributed by atoms with E-state index in [0.29, 0.717) is 24.5 Å². The Labute approximate surface area is 142 Å². The van der Waals surface area contributed by atoms with Crippen molar-refractivity contribution < 1.29 is 9.53 Å². The molecule has 2 heterocycles. The number of carbonyl (C=O) groups is 1.